The minimum absolute atomic E-state index is 0.552. The van der Waals surface area contributed by atoms with Crippen LogP contribution >= 0.6 is 11.3 Å². The zero-order chi connectivity index (χ0) is 12.4. The zero-order valence-electron chi connectivity index (χ0n) is 9.47. The molecule has 4 nitrogen and oxygen atoms in total. The molecule has 0 saturated carbocycles. The Labute approximate surface area is 102 Å². The molecule has 1 heterocycles. The van der Waals surface area contributed by atoms with E-state index >= 15 is 0 Å². The molecule has 1 atom stereocenters. The fraction of sp³-hybridized carbons (Fsp3) is 0.250. The fourth-order valence-electron chi connectivity index (χ4n) is 1.58. The number of aliphatic hydroxyl groups is 1. The Morgan fingerprint density at radius 1 is 1.41 bits per heavy atom. The maximum atomic E-state index is 11.2. The highest BCUT2D eigenvalue weighted by molar-refractivity contribution is 7.19. The summed E-state index contributed by atoms with van der Waals surface area (Å²) in [5.74, 6) is 0.0753. The van der Waals surface area contributed by atoms with Crippen LogP contribution in [0.3, 0.4) is 0 Å². The standard InChI is InChI=1S/C12H12O4S/c1-15-8-5-3-4-7-6-9(17-11(7)8)10(13)12(14)16-2/h3-6,10,13H,1-2H3. The van der Waals surface area contributed by atoms with Gasteiger partial charge in [0.1, 0.15) is 5.75 Å². The minimum Gasteiger partial charge on any atom is -0.495 e. The first kappa shape index (κ1) is 11.9. The normalized spacial score (nSPS) is 12.4. The molecule has 2 aromatic rings. The lowest BCUT2D eigenvalue weighted by Gasteiger charge is -2.04. The Kier molecular flexibility index (Phi) is 3.31. The number of carbonyl (C=O) groups excluding carboxylic acids is 1. The molecule has 1 aromatic heterocycles. The molecule has 1 unspecified atom stereocenters. The predicted molar refractivity (Wildman–Crippen MR) is 65.4 cm³/mol. The lowest BCUT2D eigenvalue weighted by molar-refractivity contribution is -0.150. The Bertz CT molecular complexity index is 546. The molecule has 0 radical (unpaired) electrons. The second kappa shape index (κ2) is 4.73. The van der Waals surface area contributed by atoms with Crippen molar-refractivity contribution in [2.24, 2.45) is 0 Å². The largest absolute Gasteiger partial charge is 0.495 e. The van der Waals surface area contributed by atoms with Crippen molar-refractivity contribution in [2.75, 3.05) is 14.2 Å². The van der Waals surface area contributed by atoms with Gasteiger partial charge in [-0.25, -0.2) is 4.79 Å². The molecule has 1 aromatic carbocycles. The van der Waals surface area contributed by atoms with Gasteiger partial charge in [-0.05, 0) is 17.5 Å². The van der Waals surface area contributed by atoms with Gasteiger partial charge in [-0.2, -0.15) is 0 Å². The smallest absolute Gasteiger partial charge is 0.340 e. The third-order valence-electron chi connectivity index (χ3n) is 2.44. The predicted octanol–water partition coefficient (Wildman–Crippen LogP) is 2.12. The Hall–Kier alpha value is -1.59. The van der Waals surface area contributed by atoms with Gasteiger partial charge in [0.2, 0.25) is 0 Å². The van der Waals surface area contributed by atoms with Crippen LogP contribution in [0.2, 0.25) is 0 Å². The summed E-state index contributed by atoms with van der Waals surface area (Å²) in [6.45, 7) is 0. The van der Waals surface area contributed by atoms with Crippen molar-refractivity contribution in [2.45, 2.75) is 6.10 Å². The van der Waals surface area contributed by atoms with E-state index in [0.717, 1.165) is 15.8 Å². The summed E-state index contributed by atoms with van der Waals surface area (Å²) in [4.78, 5) is 11.8. The third-order valence-corrected chi connectivity index (χ3v) is 3.66. The molecule has 0 saturated heterocycles. The Morgan fingerprint density at radius 2 is 2.18 bits per heavy atom. The van der Waals surface area contributed by atoms with Crippen LogP contribution in [0.1, 0.15) is 11.0 Å². The van der Waals surface area contributed by atoms with Crippen LogP contribution in [-0.4, -0.2) is 25.3 Å². The van der Waals surface area contributed by atoms with Crippen LogP contribution in [0.5, 0.6) is 5.75 Å². The van der Waals surface area contributed by atoms with E-state index in [2.05, 4.69) is 4.74 Å². The van der Waals surface area contributed by atoms with E-state index < -0.39 is 12.1 Å². The summed E-state index contributed by atoms with van der Waals surface area (Å²) < 4.78 is 10.6. The van der Waals surface area contributed by atoms with Gasteiger partial charge < -0.3 is 14.6 Å². The first-order valence-electron chi connectivity index (χ1n) is 4.99. The number of aliphatic hydroxyl groups excluding tert-OH is 1. The second-order valence-corrected chi connectivity index (χ2v) is 4.54. The monoisotopic (exact) mass is 252 g/mol. The molecule has 1 N–H and O–H groups in total. The first-order valence-corrected chi connectivity index (χ1v) is 5.81. The minimum atomic E-state index is -1.23. The summed E-state index contributed by atoms with van der Waals surface area (Å²) in [6, 6.07) is 7.38. The van der Waals surface area contributed by atoms with E-state index in [1.54, 1.807) is 13.2 Å². The van der Waals surface area contributed by atoms with Gasteiger partial charge in [0.05, 0.1) is 18.9 Å². The van der Waals surface area contributed by atoms with Crippen LogP contribution in [0.15, 0.2) is 24.3 Å². The molecule has 0 aliphatic rings. The number of carbonyl (C=O) groups is 1. The van der Waals surface area contributed by atoms with Gasteiger partial charge in [0, 0.05) is 4.88 Å². The average molecular weight is 252 g/mol. The third kappa shape index (κ3) is 2.11. The van der Waals surface area contributed by atoms with Crippen LogP contribution in [-0.2, 0) is 9.53 Å². The van der Waals surface area contributed by atoms with Crippen LogP contribution < -0.4 is 4.74 Å². The van der Waals surface area contributed by atoms with Crippen molar-refractivity contribution in [3.63, 3.8) is 0 Å². The summed E-state index contributed by atoms with van der Waals surface area (Å²) in [7, 11) is 2.84. The Balaban J connectivity index is 2.47. The molecular formula is C12H12O4S. The van der Waals surface area contributed by atoms with Gasteiger partial charge in [0.25, 0.3) is 0 Å². The molecule has 2 rings (SSSR count). The molecule has 5 heteroatoms. The highest BCUT2D eigenvalue weighted by Gasteiger charge is 2.21. The molecule has 0 spiro atoms. The summed E-state index contributed by atoms with van der Waals surface area (Å²) in [5, 5.41) is 10.7. The molecule has 0 bridgehead atoms. The SMILES string of the molecule is COC(=O)C(O)c1cc2cccc(OC)c2s1. The number of thiophene rings is 1. The number of fused-ring (bicyclic) bond motifs is 1. The Morgan fingerprint density at radius 3 is 2.82 bits per heavy atom. The molecule has 0 aliphatic heterocycles. The quantitative estimate of drug-likeness (QED) is 0.850. The van der Waals surface area contributed by atoms with E-state index in [4.69, 9.17) is 4.74 Å². The zero-order valence-corrected chi connectivity index (χ0v) is 10.3. The van der Waals surface area contributed by atoms with E-state index in [0.29, 0.717) is 4.88 Å². The van der Waals surface area contributed by atoms with E-state index in [-0.39, 0.29) is 0 Å². The molecule has 0 amide bonds. The number of methoxy groups -OCH3 is 2. The maximum Gasteiger partial charge on any atom is 0.340 e. The number of ether oxygens (including phenoxy) is 2. The first-order chi connectivity index (χ1) is 8.17. The van der Waals surface area contributed by atoms with Crippen LogP contribution in [0.25, 0.3) is 10.1 Å². The van der Waals surface area contributed by atoms with E-state index in [9.17, 15) is 9.90 Å². The lowest BCUT2D eigenvalue weighted by atomic mass is 10.2. The summed E-state index contributed by atoms with van der Waals surface area (Å²) >= 11 is 1.32. The van der Waals surface area contributed by atoms with Crippen molar-refractivity contribution in [1.29, 1.82) is 0 Å². The van der Waals surface area contributed by atoms with Crippen molar-refractivity contribution in [3.05, 3.63) is 29.1 Å². The maximum absolute atomic E-state index is 11.2. The molecule has 17 heavy (non-hydrogen) atoms. The van der Waals surface area contributed by atoms with E-state index in [1.165, 1.54) is 18.4 Å². The van der Waals surface area contributed by atoms with Crippen LogP contribution in [0.4, 0.5) is 0 Å². The highest BCUT2D eigenvalue weighted by atomic mass is 32.1. The van der Waals surface area contributed by atoms with Crippen LogP contribution in [0, 0.1) is 0 Å². The second-order valence-electron chi connectivity index (χ2n) is 3.45. The molecule has 90 valence electrons. The van der Waals surface area contributed by atoms with Gasteiger partial charge >= 0.3 is 5.97 Å². The summed E-state index contributed by atoms with van der Waals surface area (Å²) in [5.41, 5.74) is 0. The van der Waals surface area contributed by atoms with Crippen molar-refractivity contribution in [1.82, 2.24) is 0 Å². The van der Waals surface area contributed by atoms with E-state index in [1.807, 2.05) is 18.2 Å². The highest BCUT2D eigenvalue weighted by Crippen LogP contribution is 2.36. The molecule has 0 aliphatic carbocycles. The average Bonchev–Trinajstić information content (AvgIpc) is 2.80. The molecule has 0 fully saturated rings. The number of hydrogen-bond donors (Lipinski definition) is 1. The topological polar surface area (TPSA) is 55.8 Å². The molecular weight excluding hydrogens is 240 g/mol. The van der Waals surface area contributed by atoms with Gasteiger partial charge in [0.15, 0.2) is 6.10 Å². The number of benzene rings is 1. The lowest BCUT2D eigenvalue weighted by Crippen LogP contribution is -2.11. The number of hydrogen-bond acceptors (Lipinski definition) is 5. The van der Waals surface area contributed by atoms with Crippen molar-refractivity contribution >= 4 is 27.4 Å². The van der Waals surface area contributed by atoms with Crippen molar-refractivity contribution in [3.8, 4) is 5.75 Å². The fourth-order valence-corrected chi connectivity index (χ4v) is 2.71. The number of esters is 1. The summed E-state index contributed by atoms with van der Waals surface area (Å²) in [6.07, 6.45) is -1.23. The number of rotatable bonds is 3. The van der Waals surface area contributed by atoms with Gasteiger partial charge in [-0.1, -0.05) is 12.1 Å². The van der Waals surface area contributed by atoms with Gasteiger partial charge in [-0.15, -0.1) is 11.3 Å². The van der Waals surface area contributed by atoms with Gasteiger partial charge in [-0.3, -0.25) is 0 Å². The van der Waals surface area contributed by atoms with Crippen molar-refractivity contribution < 1.29 is 19.4 Å².